The third-order valence-electron chi connectivity index (χ3n) is 1.81. The molecule has 0 fully saturated rings. The van der Waals surface area contributed by atoms with E-state index < -0.39 is 0 Å². The fraction of sp³-hybridized carbons (Fsp3) is 0.400. The van der Waals surface area contributed by atoms with E-state index in [1.807, 2.05) is 24.3 Å². The highest BCUT2D eigenvalue weighted by Crippen LogP contribution is 2.16. The summed E-state index contributed by atoms with van der Waals surface area (Å²) >= 11 is 0. The van der Waals surface area contributed by atoms with E-state index in [2.05, 4.69) is 19.9 Å². The van der Waals surface area contributed by atoms with Gasteiger partial charge < -0.3 is 5.73 Å². The van der Waals surface area contributed by atoms with Gasteiger partial charge in [0.2, 0.25) is 0 Å². The number of hydrogen-bond donors (Lipinski definition) is 1. The fourth-order valence-corrected chi connectivity index (χ4v) is 0.974. The van der Waals surface area contributed by atoms with Crippen molar-refractivity contribution in [3.05, 3.63) is 35.9 Å². The molecule has 0 bridgehead atoms. The zero-order valence-electron chi connectivity index (χ0n) is 7.04. The molecular formula is C10H14N. The van der Waals surface area contributed by atoms with Gasteiger partial charge in [-0.2, -0.15) is 0 Å². The topological polar surface area (TPSA) is 26.0 Å². The fourth-order valence-electron chi connectivity index (χ4n) is 0.974. The van der Waals surface area contributed by atoms with Crippen molar-refractivity contribution in [2.45, 2.75) is 19.9 Å². The second-order valence-corrected chi connectivity index (χ2v) is 3.09. The van der Waals surface area contributed by atoms with Gasteiger partial charge in [-0.3, -0.25) is 0 Å². The summed E-state index contributed by atoms with van der Waals surface area (Å²) in [6.07, 6.45) is 0. The first-order chi connectivity index (χ1) is 5.22. The van der Waals surface area contributed by atoms with Crippen molar-refractivity contribution in [3.8, 4) is 0 Å². The number of hydrogen-bond acceptors (Lipinski definition) is 1. The molecule has 2 N–H and O–H groups in total. The molecule has 0 spiro atoms. The maximum Gasteiger partial charge on any atom is 0.0324 e. The van der Waals surface area contributed by atoms with Crippen LogP contribution in [0.3, 0.4) is 0 Å². The van der Waals surface area contributed by atoms with Crippen LogP contribution in [0.1, 0.15) is 25.5 Å². The molecule has 0 amide bonds. The van der Waals surface area contributed by atoms with E-state index in [0.29, 0.717) is 5.92 Å². The number of benzene rings is 1. The van der Waals surface area contributed by atoms with Crippen molar-refractivity contribution >= 4 is 0 Å². The van der Waals surface area contributed by atoms with Gasteiger partial charge in [0, 0.05) is 6.04 Å². The Bertz CT molecular complexity index is 203. The van der Waals surface area contributed by atoms with Crippen LogP contribution in [0, 0.1) is 12.0 Å². The molecule has 0 heterocycles. The summed E-state index contributed by atoms with van der Waals surface area (Å²) < 4.78 is 0. The number of rotatable bonds is 2. The second kappa shape index (κ2) is 3.54. The zero-order chi connectivity index (χ0) is 8.27. The molecule has 0 aliphatic rings. The molecule has 1 heteroatoms. The first-order valence-corrected chi connectivity index (χ1v) is 3.94. The lowest BCUT2D eigenvalue weighted by molar-refractivity contribution is 0.514. The molecule has 1 rings (SSSR count). The third kappa shape index (κ3) is 2.05. The highest BCUT2D eigenvalue weighted by molar-refractivity contribution is 5.17. The summed E-state index contributed by atoms with van der Waals surface area (Å²) in [5, 5.41) is 0. The molecule has 0 aliphatic heterocycles. The SMILES string of the molecule is CC(C)C(N)c1[c]cccc1. The van der Waals surface area contributed by atoms with E-state index >= 15 is 0 Å². The van der Waals surface area contributed by atoms with Gasteiger partial charge in [0.05, 0.1) is 0 Å². The second-order valence-electron chi connectivity index (χ2n) is 3.09. The van der Waals surface area contributed by atoms with Gasteiger partial charge in [-0.1, -0.05) is 38.1 Å². The largest absolute Gasteiger partial charge is 0.324 e. The Labute approximate surface area is 68.2 Å². The van der Waals surface area contributed by atoms with Crippen molar-refractivity contribution in [2.24, 2.45) is 11.7 Å². The Morgan fingerprint density at radius 2 is 2.09 bits per heavy atom. The van der Waals surface area contributed by atoms with Crippen molar-refractivity contribution in [1.82, 2.24) is 0 Å². The summed E-state index contributed by atoms with van der Waals surface area (Å²) in [7, 11) is 0. The van der Waals surface area contributed by atoms with Crippen LogP contribution in [0.25, 0.3) is 0 Å². The zero-order valence-corrected chi connectivity index (χ0v) is 7.04. The molecule has 1 unspecified atom stereocenters. The van der Waals surface area contributed by atoms with Crippen molar-refractivity contribution in [2.75, 3.05) is 0 Å². The van der Waals surface area contributed by atoms with E-state index in [1.54, 1.807) is 0 Å². The van der Waals surface area contributed by atoms with Gasteiger partial charge in [0.25, 0.3) is 0 Å². The van der Waals surface area contributed by atoms with Crippen LogP contribution in [0.2, 0.25) is 0 Å². The van der Waals surface area contributed by atoms with Crippen LogP contribution in [0.4, 0.5) is 0 Å². The minimum atomic E-state index is 0.121. The van der Waals surface area contributed by atoms with Gasteiger partial charge in [-0.05, 0) is 17.5 Å². The van der Waals surface area contributed by atoms with Crippen molar-refractivity contribution in [3.63, 3.8) is 0 Å². The molecule has 1 radical (unpaired) electrons. The van der Waals surface area contributed by atoms with Gasteiger partial charge in [0.1, 0.15) is 0 Å². The Morgan fingerprint density at radius 3 is 2.55 bits per heavy atom. The number of nitrogens with two attached hydrogens (primary N) is 1. The van der Waals surface area contributed by atoms with Gasteiger partial charge in [-0.25, -0.2) is 0 Å². The molecule has 11 heavy (non-hydrogen) atoms. The average Bonchev–Trinajstić information content (AvgIpc) is 2.05. The van der Waals surface area contributed by atoms with Crippen LogP contribution in [-0.2, 0) is 0 Å². The first-order valence-electron chi connectivity index (χ1n) is 3.94. The normalized spacial score (nSPS) is 13.5. The van der Waals surface area contributed by atoms with E-state index in [4.69, 9.17) is 5.73 Å². The summed E-state index contributed by atoms with van der Waals surface area (Å²) in [6, 6.07) is 11.1. The van der Waals surface area contributed by atoms with Crippen molar-refractivity contribution < 1.29 is 0 Å². The highest BCUT2D eigenvalue weighted by Gasteiger charge is 2.08. The standard InChI is InChI=1S/C10H14N/c1-8(2)10(11)9-6-4-3-5-7-9/h3-6,8,10H,11H2,1-2H3. The maximum absolute atomic E-state index is 5.91. The minimum absolute atomic E-state index is 0.121. The van der Waals surface area contributed by atoms with E-state index in [9.17, 15) is 0 Å². The quantitative estimate of drug-likeness (QED) is 0.683. The molecule has 0 aliphatic carbocycles. The Balaban J connectivity index is 2.77. The van der Waals surface area contributed by atoms with E-state index in [1.165, 1.54) is 0 Å². The molecular weight excluding hydrogens is 134 g/mol. The molecule has 59 valence electrons. The third-order valence-corrected chi connectivity index (χ3v) is 1.81. The Morgan fingerprint density at radius 1 is 1.36 bits per heavy atom. The van der Waals surface area contributed by atoms with Crippen LogP contribution in [0.15, 0.2) is 24.3 Å². The average molecular weight is 148 g/mol. The lowest BCUT2D eigenvalue weighted by Crippen LogP contribution is -2.16. The van der Waals surface area contributed by atoms with Gasteiger partial charge in [-0.15, -0.1) is 0 Å². The highest BCUT2D eigenvalue weighted by atomic mass is 14.6. The van der Waals surface area contributed by atoms with Crippen LogP contribution in [0.5, 0.6) is 0 Å². The van der Waals surface area contributed by atoms with Gasteiger partial charge in [0.15, 0.2) is 0 Å². The Kier molecular flexibility index (Phi) is 2.66. The molecule has 1 atom stereocenters. The van der Waals surface area contributed by atoms with Crippen LogP contribution in [-0.4, -0.2) is 0 Å². The van der Waals surface area contributed by atoms with Crippen LogP contribution >= 0.6 is 0 Å². The summed E-state index contributed by atoms with van der Waals surface area (Å²) in [5.41, 5.74) is 7.01. The predicted octanol–water partition coefficient (Wildman–Crippen LogP) is 2.14. The smallest absolute Gasteiger partial charge is 0.0324 e. The maximum atomic E-state index is 5.91. The molecule has 0 aromatic heterocycles. The van der Waals surface area contributed by atoms with Crippen LogP contribution < -0.4 is 5.73 Å². The van der Waals surface area contributed by atoms with Gasteiger partial charge >= 0.3 is 0 Å². The molecule has 1 aromatic rings. The lowest BCUT2D eigenvalue weighted by Gasteiger charge is -2.14. The summed E-state index contributed by atoms with van der Waals surface area (Å²) in [6.45, 7) is 4.23. The summed E-state index contributed by atoms with van der Waals surface area (Å²) in [4.78, 5) is 0. The lowest BCUT2D eigenvalue weighted by atomic mass is 9.97. The summed E-state index contributed by atoms with van der Waals surface area (Å²) in [5.74, 6) is 0.480. The molecule has 1 nitrogen and oxygen atoms in total. The van der Waals surface area contributed by atoms with Crippen molar-refractivity contribution in [1.29, 1.82) is 0 Å². The first kappa shape index (κ1) is 8.28. The van der Waals surface area contributed by atoms with E-state index in [0.717, 1.165) is 5.56 Å². The van der Waals surface area contributed by atoms with E-state index in [-0.39, 0.29) is 6.04 Å². The molecule has 1 aromatic carbocycles. The Hall–Kier alpha value is -0.820. The predicted molar refractivity (Wildman–Crippen MR) is 47.0 cm³/mol. The monoisotopic (exact) mass is 148 g/mol. The minimum Gasteiger partial charge on any atom is -0.324 e. The molecule has 0 saturated carbocycles. The molecule has 0 saturated heterocycles.